The van der Waals surface area contributed by atoms with Crippen molar-refractivity contribution in [2.24, 2.45) is 0 Å². The standard InChI is InChI=1S/C27H28N4O/c1-4-31(5-2)26-24-17-23(14-15-25(24)28-19-29-26)22-13-9-10-20(16-22)18-30(3)27(32)21-11-7-6-8-12-21/h6-17,19H,4-5,18H2,1-3H3. The molecule has 162 valence electrons. The van der Waals surface area contributed by atoms with Gasteiger partial charge in [-0.1, -0.05) is 42.5 Å². The van der Waals surface area contributed by atoms with E-state index in [1.807, 2.05) is 43.4 Å². The predicted octanol–water partition coefficient (Wildman–Crippen LogP) is 5.42. The van der Waals surface area contributed by atoms with E-state index in [1.54, 1.807) is 11.2 Å². The molecule has 0 aliphatic heterocycles. The highest BCUT2D eigenvalue weighted by atomic mass is 16.2. The number of nitrogens with zero attached hydrogens (tertiary/aromatic N) is 4. The molecule has 0 saturated heterocycles. The average Bonchev–Trinajstić information content (AvgIpc) is 2.85. The minimum absolute atomic E-state index is 0.0164. The van der Waals surface area contributed by atoms with Crippen LogP contribution in [-0.4, -0.2) is 40.9 Å². The van der Waals surface area contributed by atoms with E-state index in [2.05, 4.69) is 65.1 Å². The van der Waals surface area contributed by atoms with E-state index in [1.165, 1.54) is 0 Å². The van der Waals surface area contributed by atoms with Crippen molar-refractivity contribution in [2.45, 2.75) is 20.4 Å². The number of anilines is 1. The third-order valence-corrected chi connectivity index (χ3v) is 5.72. The van der Waals surface area contributed by atoms with Crippen molar-refractivity contribution in [1.29, 1.82) is 0 Å². The van der Waals surface area contributed by atoms with E-state index in [0.717, 1.165) is 46.5 Å². The first kappa shape index (κ1) is 21.5. The molecule has 3 aromatic carbocycles. The Labute approximate surface area is 189 Å². The summed E-state index contributed by atoms with van der Waals surface area (Å²) in [5, 5.41) is 1.05. The lowest BCUT2D eigenvalue weighted by atomic mass is 10.0. The molecule has 5 nitrogen and oxygen atoms in total. The smallest absolute Gasteiger partial charge is 0.253 e. The van der Waals surface area contributed by atoms with Gasteiger partial charge in [-0.2, -0.15) is 0 Å². The molecular weight excluding hydrogens is 396 g/mol. The first-order valence-corrected chi connectivity index (χ1v) is 11.0. The van der Waals surface area contributed by atoms with Gasteiger partial charge in [0.1, 0.15) is 12.1 Å². The van der Waals surface area contributed by atoms with E-state index in [4.69, 9.17) is 0 Å². The number of benzene rings is 3. The molecule has 1 amide bonds. The molecule has 0 atom stereocenters. The Hall–Kier alpha value is -3.73. The summed E-state index contributed by atoms with van der Waals surface area (Å²) in [6, 6.07) is 24.1. The molecule has 5 heteroatoms. The van der Waals surface area contributed by atoms with Gasteiger partial charge < -0.3 is 9.80 Å². The van der Waals surface area contributed by atoms with Gasteiger partial charge in [0, 0.05) is 37.6 Å². The number of carbonyl (C=O) groups excluding carboxylic acids is 1. The van der Waals surface area contributed by atoms with E-state index >= 15 is 0 Å². The lowest BCUT2D eigenvalue weighted by molar-refractivity contribution is 0.0785. The van der Waals surface area contributed by atoms with Gasteiger partial charge in [0.05, 0.1) is 5.52 Å². The second kappa shape index (κ2) is 9.60. The summed E-state index contributed by atoms with van der Waals surface area (Å²) in [5.41, 5.74) is 4.95. The number of hydrogen-bond donors (Lipinski definition) is 0. The summed E-state index contributed by atoms with van der Waals surface area (Å²) in [6.07, 6.45) is 1.63. The summed E-state index contributed by atoms with van der Waals surface area (Å²) in [7, 11) is 1.84. The highest BCUT2D eigenvalue weighted by Gasteiger charge is 2.13. The zero-order chi connectivity index (χ0) is 22.5. The molecule has 0 spiro atoms. The fourth-order valence-corrected chi connectivity index (χ4v) is 3.99. The molecule has 0 radical (unpaired) electrons. The number of amides is 1. The molecule has 0 bridgehead atoms. The Balaban J connectivity index is 1.63. The Kier molecular flexibility index (Phi) is 6.45. The number of hydrogen-bond acceptors (Lipinski definition) is 4. The van der Waals surface area contributed by atoms with Crippen LogP contribution in [0.2, 0.25) is 0 Å². The third-order valence-electron chi connectivity index (χ3n) is 5.72. The molecule has 0 aliphatic carbocycles. The fourth-order valence-electron chi connectivity index (χ4n) is 3.99. The lowest BCUT2D eigenvalue weighted by Gasteiger charge is -2.21. The van der Waals surface area contributed by atoms with Crippen LogP contribution in [0.1, 0.15) is 29.8 Å². The maximum Gasteiger partial charge on any atom is 0.253 e. The van der Waals surface area contributed by atoms with Crippen LogP contribution in [-0.2, 0) is 6.54 Å². The van der Waals surface area contributed by atoms with Gasteiger partial charge in [-0.15, -0.1) is 0 Å². The van der Waals surface area contributed by atoms with E-state index in [0.29, 0.717) is 12.1 Å². The summed E-state index contributed by atoms with van der Waals surface area (Å²) in [5.74, 6) is 0.980. The van der Waals surface area contributed by atoms with Crippen LogP contribution in [0, 0.1) is 0 Å². The molecule has 32 heavy (non-hydrogen) atoms. The molecule has 1 aromatic heterocycles. The number of aromatic nitrogens is 2. The van der Waals surface area contributed by atoms with Crippen molar-refractivity contribution in [3.05, 3.63) is 90.3 Å². The summed E-state index contributed by atoms with van der Waals surface area (Å²) < 4.78 is 0. The third kappa shape index (κ3) is 4.47. The topological polar surface area (TPSA) is 49.3 Å². The Morgan fingerprint density at radius 1 is 0.844 bits per heavy atom. The van der Waals surface area contributed by atoms with Crippen molar-refractivity contribution in [1.82, 2.24) is 14.9 Å². The second-order valence-corrected chi connectivity index (χ2v) is 7.83. The Bertz CT molecular complexity index is 1220. The van der Waals surface area contributed by atoms with E-state index in [-0.39, 0.29) is 5.91 Å². The summed E-state index contributed by atoms with van der Waals surface area (Å²) >= 11 is 0. The van der Waals surface area contributed by atoms with Crippen LogP contribution in [0.25, 0.3) is 22.0 Å². The molecule has 4 rings (SSSR count). The van der Waals surface area contributed by atoms with Crippen LogP contribution < -0.4 is 4.90 Å². The van der Waals surface area contributed by atoms with Crippen LogP contribution in [0.5, 0.6) is 0 Å². The number of fused-ring (bicyclic) bond motifs is 1. The molecule has 0 fully saturated rings. The quantitative estimate of drug-likeness (QED) is 0.398. The average molecular weight is 425 g/mol. The van der Waals surface area contributed by atoms with Gasteiger partial charge in [-0.3, -0.25) is 4.79 Å². The van der Waals surface area contributed by atoms with Crippen molar-refractivity contribution < 1.29 is 4.79 Å². The van der Waals surface area contributed by atoms with Crippen molar-refractivity contribution in [2.75, 3.05) is 25.0 Å². The molecule has 1 heterocycles. The summed E-state index contributed by atoms with van der Waals surface area (Å²) in [6.45, 7) is 6.60. The highest BCUT2D eigenvalue weighted by Crippen LogP contribution is 2.29. The van der Waals surface area contributed by atoms with Gasteiger partial charge in [-0.25, -0.2) is 9.97 Å². The fraction of sp³-hybridized carbons (Fsp3) is 0.222. The molecule has 4 aromatic rings. The maximum atomic E-state index is 12.7. The van der Waals surface area contributed by atoms with Crippen LogP contribution in [0.3, 0.4) is 0 Å². The van der Waals surface area contributed by atoms with Crippen LogP contribution in [0.4, 0.5) is 5.82 Å². The normalized spacial score (nSPS) is 10.8. The van der Waals surface area contributed by atoms with Crippen molar-refractivity contribution >= 4 is 22.6 Å². The highest BCUT2D eigenvalue weighted by molar-refractivity contribution is 5.94. The largest absolute Gasteiger partial charge is 0.357 e. The molecule has 0 saturated carbocycles. The van der Waals surface area contributed by atoms with Crippen molar-refractivity contribution in [3.8, 4) is 11.1 Å². The van der Waals surface area contributed by atoms with Gasteiger partial charge in [0.2, 0.25) is 0 Å². The van der Waals surface area contributed by atoms with E-state index < -0.39 is 0 Å². The van der Waals surface area contributed by atoms with Gasteiger partial charge in [-0.05, 0) is 60.9 Å². The van der Waals surface area contributed by atoms with Crippen LogP contribution >= 0.6 is 0 Å². The maximum absolute atomic E-state index is 12.7. The number of rotatable bonds is 7. The molecule has 0 N–H and O–H groups in total. The van der Waals surface area contributed by atoms with Gasteiger partial charge in [0.25, 0.3) is 5.91 Å². The second-order valence-electron chi connectivity index (χ2n) is 7.83. The monoisotopic (exact) mass is 424 g/mol. The zero-order valence-electron chi connectivity index (χ0n) is 18.8. The zero-order valence-corrected chi connectivity index (χ0v) is 18.8. The molecule has 0 aliphatic rings. The van der Waals surface area contributed by atoms with Gasteiger partial charge in [0.15, 0.2) is 0 Å². The van der Waals surface area contributed by atoms with Gasteiger partial charge >= 0.3 is 0 Å². The van der Waals surface area contributed by atoms with Crippen molar-refractivity contribution in [3.63, 3.8) is 0 Å². The summed E-state index contributed by atoms with van der Waals surface area (Å²) in [4.78, 5) is 25.7. The Morgan fingerprint density at radius 3 is 2.34 bits per heavy atom. The number of carbonyl (C=O) groups is 1. The molecular formula is C27H28N4O. The lowest BCUT2D eigenvalue weighted by Crippen LogP contribution is -2.26. The minimum Gasteiger partial charge on any atom is -0.357 e. The SMILES string of the molecule is CCN(CC)c1ncnc2ccc(-c3cccc(CN(C)C(=O)c4ccccc4)c3)cc12. The van der Waals surface area contributed by atoms with E-state index in [9.17, 15) is 4.79 Å². The Morgan fingerprint density at radius 2 is 1.59 bits per heavy atom. The molecule has 0 unspecified atom stereocenters. The first-order chi connectivity index (χ1) is 15.6. The van der Waals surface area contributed by atoms with Crippen LogP contribution in [0.15, 0.2) is 79.1 Å². The first-order valence-electron chi connectivity index (χ1n) is 11.0. The minimum atomic E-state index is 0.0164. The predicted molar refractivity (Wildman–Crippen MR) is 131 cm³/mol.